The SMILES string of the molecule is CN1/C(=C\C2C(=O)C(/C=C3/Sc4ccccc4N3C)C2=C(C#N)C#N)Sc2ccccc21. The molecule has 0 aromatic heterocycles. The van der Waals surface area contributed by atoms with E-state index in [-0.39, 0.29) is 11.4 Å². The number of fused-ring (bicyclic) bond motifs is 2. The molecule has 32 heavy (non-hydrogen) atoms. The highest BCUT2D eigenvalue weighted by atomic mass is 32.2. The smallest absolute Gasteiger partial charge is 0.155 e. The first kappa shape index (κ1) is 20.5. The van der Waals surface area contributed by atoms with Crippen LogP contribution in [-0.2, 0) is 4.79 Å². The summed E-state index contributed by atoms with van der Waals surface area (Å²) in [7, 11) is 3.93. The van der Waals surface area contributed by atoms with Crippen molar-refractivity contribution >= 4 is 40.7 Å². The van der Waals surface area contributed by atoms with Gasteiger partial charge in [0.15, 0.2) is 5.78 Å². The van der Waals surface area contributed by atoms with E-state index in [9.17, 15) is 15.3 Å². The van der Waals surface area contributed by atoms with Crippen molar-refractivity contribution in [2.45, 2.75) is 9.79 Å². The number of nitrogens with zero attached hydrogens (tertiary/aromatic N) is 4. The van der Waals surface area contributed by atoms with E-state index in [1.807, 2.05) is 96.7 Å². The van der Waals surface area contributed by atoms with Gasteiger partial charge in [-0.25, -0.2) is 0 Å². The molecule has 2 aliphatic heterocycles. The van der Waals surface area contributed by atoms with E-state index in [4.69, 9.17) is 0 Å². The number of thioether (sulfide) groups is 2. The summed E-state index contributed by atoms with van der Waals surface area (Å²) >= 11 is 3.20. The average Bonchev–Trinajstić information content (AvgIpc) is 3.31. The van der Waals surface area contributed by atoms with Crippen LogP contribution in [0.2, 0.25) is 0 Å². The molecule has 2 atom stereocenters. The van der Waals surface area contributed by atoms with E-state index >= 15 is 0 Å². The summed E-state index contributed by atoms with van der Waals surface area (Å²) in [5.74, 6) is -1.12. The van der Waals surface area contributed by atoms with Gasteiger partial charge >= 0.3 is 0 Å². The second-order valence-corrected chi connectivity index (χ2v) is 9.80. The lowest BCUT2D eigenvalue weighted by atomic mass is 9.66. The highest BCUT2D eigenvalue weighted by molar-refractivity contribution is 8.04. The van der Waals surface area contributed by atoms with Crippen molar-refractivity contribution in [3.63, 3.8) is 0 Å². The van der Waals surface area contributed by atoms with Gasteiger partial charge in [0.2, 0.25) is 0 Å². The third kappa shape index (κ3) is 3.14. The third-order valence-electron chi connectivity index (χ3n) is 5.96. The quantitative estimate of drug-likeness (QED) is 0.569. The minimum atomic E-state index is -0.565. The van der Waals surface area contributed by atoms with Gasteiger partial charge in [0.1, 0.15) is 17.7 Å². The molecule has 0 amide bonds. The summed E-state index contributed by atoms with van der Waals surface area (Å²) in [4.78, 5) is 19.6. The van der Waals surface area contributed by atoms with Crippen molar-refractivity contribution in [3.05, 3.63) is 81.9 Å². The molecule has 0 bridgehead atoms. The molecule has 1 aliphatic carbocycles. The average molecular weight is 455 g/mol. The van der Waals surface area contributed by atoms with Gasteiger partial charge in [-0.3, -0.25) is 4.79 Å². The van der Waals surface area contributed by atoms with Gasteiger partial charge in [0.25, 0.3) is 0 Å². The summed E-state index contributed by atoms with van der Waals surface area (Å²) in [5.41, 5.74) is 2.79. The van der Waals surface area contributed by atoms with Crippen molar-refractivity contribution in [2.24, 2.45) is 11.8 Å². The van der Waals surface area contributed by atoms with Crippen molar-refractivity contribution in [3.8, 4) is 12.1 Å². The number of Topliss-reactive ketones (excluding diaryl/α,β-unsaturated/α-hetero) is 1. The number of allylic oxidation sites excluding steroid dienone is 4. The molecule has 5 rings (SSSR count). The molecule has 0 spiro atoms. The van der Waals surface area contributed by atoms with E-state index in [1.54, 1.807) is 23.5 Å². The number of benzene rings is 2. The summed E-state index contributed by atoms with van der Waals surface area (Å²) in [6, 6.07) is 20.1. The molecule has 0 radical (unpaired) electrons. The fourth-order valence-electron chi connectivity index (χ4n) is 4.22. The van der Waals surface area contributed by atoms with Crippen molar-refractivity contribution in [1.29, 1.82) is 10.5 Å². The van der Waals surface area contributed by atoms with Crippen LogP contribution in [0.15, 0.2) is 91.7 Å². The van der Waals surface area contributed by atoms with Crippen LogP contribution in [0.3, 0.4) is 0 Å². The Morgan fingerprint density at radius 3 is 1.69 bits per heavy atom. The van der Waals surface area contributed by atoms with E-state index in [0.717, 1.165) is 31.2 Å². The lowest BCUT2D eigenvalue weighted by Gasteiger charge is -2.35. The summed E-state index contributed by atoms with van der Waals surface area (Å²) < 4.78 is 0. The molecular formula is C25H18N4OS2. The van der Waals surface area contributed by atoms with Gasteiger partial charge in [0.05, 0.1) is 33.3 Å². The number of hydrogen-bond acceptors (Lipinski definition) is 7. The van der Waals surface area contributed by atoms with Crippen LogP contribution >= 0.6 is 23.5 Å². The van der Waals surface area contributed by atoms with Gasteiger partial charge in [-0.1, -0.05) is 47.8 Å². The van der Waals surface area contributed by atoms with Gasteiger partial charge in [-0.2, -0.15) is 10.5 Å². The summed E-state index contributed by atoms with van der Waals surface area (Å²) in [5, 5.41) is 21.0. The Morgan fingerprint density at radius 2 is 1.28 bits per heavy atom. The Bertz CT molecular complexity index is 1230. The van der Waals surface area contributed by atoms with Crippen LogP contribution in [-0.4, -0.2) is 19.9 Å². The molecule has 7 heteroatoms. The number of carbonyl (C=O) groups is 1. The van der Waals surface area contributed by atoms with Crippen LogP contribution in [0, 0.1) is 34.5 Å². The van der Waals surface area contributed by atoms with Crippen LogP contribution in [0.1, 0.15) is 0 Å². The topological polar surface area (TPSA) is 71.1 Å². The molecule has 2 unspecified atom stereocenters. The lowest BCUT2D eigenvalue weighted by Crippen LogP contribution is -2.40. The van der Waals surface area contributed by atoms with Gasteiger partial charge in [-0.05, 0) is 42.0 Å². The summed E-state index contributed by atoms with van der Waals surface area (Å²) in [6.45, 7) is 0. The molecule has 1 saturated carbocycles. The van der Waals surface area contributed by atoms with E-state index in [1.165, 1.54) is 0 Å². The van der Waals surface area contributed by atoms with Crippen LogP contribution in [0.25, 0.3) is 0 Å². The first-order chi connectivity index (χ1) is 15.5. The molecule has 2 aromatic rings. The number of anilines is 2. The minimum Gasteiger partial charge on any atom is -0.338 e. The molecule has 156 valence electrons. The van der Waals surface area contributed by atoms with Crippen molar-refractivity contribution < 1.29 is 4.79 Å². The molecule has 2 heterocycles. The molecule has 0 saturated heterocycles. The summed E-state index contributed by atoms with van der Waals surface area (Å²) in [6.07, 6.45) is 3.79. The van der Waals surface area contributed by atoms with E-state index in [2.05, 4.69) is 0 Å². The fourth-order valence-corrected chi connectivity index (χ4v) is 6.47. The first-order valence-corrected chi connectivity index (χ1v) is 11.7. The predicted octanol–water partition coefficient (Wildman–Crippen LogP) is 5.31. The number of hydrogen-bond donors (Lipinski definition) is 0. The Labute approximate surface area is 195 Å². The van der Waals surface area contributed by atoms with Gasteiger partial charge in [-0.15, -0.1) is 0 Å². The highest BCUT2D eigenvalue weighted by Gasteiger charge is 2.46. The van der Waals surface area contributed by atoms with Crippen LogP contribution in [0.5, 0.6) is 0 Å². The van der Waals surface area contributed by atoms with Gasteiger partial charge in [0, 0.05) is 23.9 Å². The molecule has 3 aliphatic rings. The normalized spacial score (nSPS) is 23.6. The Morgan fingerprint density at radius 1 is 0.844 bits per heavy atom. The second-order valence-electron chi connectivity index (χ2n) is 7.68. The number of para-hydroxylation sites is 2. The van der Waals surface area contributed by atoms with Crippen molar-refractivity contribution in [1.82, 2.24) is 0 Å². The van der Waals surface area contributed by atoms with Crippen LogP contribution in [0.4, 0.5) is 11.4 Å². The predicted molar refractivity (Wildman–Crippen MR) is 128 cm³/mol. The zero-order valence-electron chi connectivity index (χ0n) is 17.4. The largest absolute Gasteiger partial charge is 0.338 e. The molecule has 1 fully saturated rings. The van der Waals surface area contributed by atoms with Gasteiger partial charge < -0.3 is 9.80 Å². The maximum atomic E-state index is 13.2. The molecule has 2 aromatic carbocycles. The molecule has 0 N–H and O–H groups in total. The monoisotopic (exact) mass is 454 g/mol. The number of nitriles is 2. The zero-order valence-corrected chi connectivity index (χ0v) is 19.1. The maximum absolute atomic E-state index is 13.2. The zero-order chi connectivity index (χ0) is 22.4. The Balaban J connectivity index is 1.49. The Kier molecular flexibility index (Phi) is 5.09. The fraction of sp³-hybridized carbons (Fsp3) is 0.160. The molecule has 5 nitrogen and oxygen atoms in total. The number of carbonyl (C=O) groups excluding carboxylic acids is 1. The van der Waals surface area contributed by atoms with E-state index < -0.39 is 11.8 Å². The minimum absolute atomic E-state index is 0.0120. The van der Waals surface area contributed by atoms with Crippen LogP contribution < -0.4 is 9.80 Å². The maximum Gasteiger partial charge on any atom is 0.155 e. The number of rotatable bonds is 2. The lowest BCUT2D eigenvalue weighted by molar-refractivity contribution is -0.126. The Hall–Kier alpha value is -3.39. The number of ketones is 1. The third-order valence-corrected chi connectivity index (χ3v) is 8.33. The standard InChI is InChI=1S/C25H18N4OS2/c1-28-18-7-3-5-9-20(18)31-22(28)11-16-24(15(13-26)14-27)17(25(16)30)12-23-29(2)19-8-4-6-10-21(19)32-23/h3-12,16-17H,1-2H3/b22-11+,23-12+. The molecular weight excluding hydrogens is 436 g/mol. The van der Waals surface area contributed by atoms with E-state index in [0.29, 0.717) is 5.57 Å². The second kappa shape index (κ2) is 7.94. The highest BCUT2D eigenvalue weighted by Crippen LogP contribution is 2.50. The first-order valence-electron chi connectivity index (χ1n) is 10.1. The van der Waals surface area contributed by atoms with Crippen molar-refractivity contribution in [2.75, 3.05) is 23.9 Å².